The molecule has 1 aliphatic rings. The highest BCUT2D eigenvalue weighted by Crippen LogP contribution is 2.26. The Morgan fingerprint density at radius 3 is 2.76 bits per heavy atom. The lowest BCUT2D eigenvalue weighted by atomic mass is 10.1. The van der Waals surface area contributed by atoms with E-state index in [0.29, 0.717) is 13.0 Å². The second kappa shape index (κ2) is 7.66. The number of fused-ring (bicyclic) bond motifs is 1. The largest absolute Gasteiger partial charge is 0.493 e. The zero-order valence-corrected chi connectivity index (χ0v) is 13.8. The van der Waals surface area contributed by atoms with E-state index in [9.17, 15) is 9.59 Å². The summed E-state index contributed by atoms with van der Waals surface area (Å²) in [4.78, 5) is 23.7. The van der Waals surface area contributed by atoms with Crippen molar-refractivity contribution in [3.05, 3.63) is 71.3 Å². The zero-order valence-electron chi connectivity index (χ0n) is 13.8. The number of ether oxygens (including phenoxy) is 1. The van der Waals surface area contributed by atoms with Crippen molar-refractivity contribution in [2.24, 2.45) is 5.73 Å². The number of carbonyl (C=O) groups is 2. The number of nitrogens with one attached hydrogen (secondary N) is 1. The van der Waals surface area contributed by atoms with Crippen LogP contribution in [0.1, 0.15) is 16.7 Å². The summed E-state index contributed by atoms with van der Waals surface area (Å²) in [7, 11) is 0. The van der Waals surface area contributed by atoms with Crippen molar-refractivity contribution in [3.8, 4) is 5.75 Å². The molecule has 0 saturated heterocycles. The number of carbonyl (C=O) groups excluding carboxylic acids is 2. The Morgan fingerprint density at radius 1 is 1.20 bits per heavy atom. The third-order valence-electron chi connectivity index (χ3n) is 4.08. The molecule has 3 rings (SSSR count). The SMILES string of the molecule is NC(=O)C(Cc1ccccc1)NC(=O)/C=C/c1ccc2c(c1)CCO2. The highest BCUT2D eigenvalue weighted by Gasteiger charge is 2.17. The summed E-state index contributed by atoms with van der Waals surface area (Å²) >= 11 is 0. The molecule has 128 valence electrons. The monoisotopic (exact) mass is 336 g/mol. The van der Waals surface area contributed by atoms with Gasteiger partial charge in [-0.05, 0) is 34.9 Å². The fraction of sp³-hybridized carbons (Fsp3) is 0.200. The van der Waals surface area contributed by atoms with Gasteiger partial charge in [0, 0.05) is 18.9 Å². The lowest BCUT2D eigenvalue weighted by Gasteiger charge is -2.14. The fourth-order valence-corrected chi connectivity index (χ4v) is 2.77. The molecule has 0 saturated carbocycles. The molecular weight excluding hydrogens is 316 g/mol. The predicted molar refractivity (Wildman–Crippen MR) is 95.9 cm³/mol. The van der Waals surface area contributed by atoms with E-state index in [1.54, 1.807) is 6.08 Å². The molecule has 0 aliphatic carbocycles. The lowest BCUT2D eigenvalue weighted by Crippen LogP contribution is -2.45. The summed E-state index contributed by atoms with van der Waals surface area (Å²) in [5.74, 6) is -0.00461. The highest BCUT2D eigenvalue weighted by atomic mass is 16.5. The number of amides is 2. The van der Waals surface area contributed by atoms with Crippen molar-refractivity contribution in [3.63, 3.8) is 0 Å². The number of hydrogen-bond acceptors (Lipinski definition) is 3. The van der Waals surface area contributed by atoms with Gasteiger partial charge < -0.3 is 15.8 Å². The van der Waals surface area contributed by atoms with Crippen LogP contribution in [-0.2, 0) is 22.4 Å². The Balaban J connectivity index is 1.62. The van der Waals surface area contributed by atoms with Gasteiger partial charge in [-0.1, -0.05) is 36.4 Å². The molecule has 0 aromatic heterocycles. The first-order valence-electron chi connectivity index (χ1n) is 8.19. The minimum atomic E-state index is -0.743. The Morgan fingerprint density at radius 2 is 2.00 bits per heavy atom. The Hall–Kier alpha value is -3.08. The van der Waals surface area contributed by atoms with E-state index in [2.05, 4.69) is 5.32 Å². The summed E-state index contributed by atoms with van der Waals surface area (Å²) in [6, 6.07) is 14.5. The number of benzene rings is 2. The maximum atomic E-state index is 12.1. The standard InChI is InChI=1S/C20H20N2O3/c21-20(24)17(13-14-4-2-1-3-5-14)22-19(23)9-7-15-6-8-18-16(12-15)10-11-25-18/h1-9,12,17H,10-11,13H2,(H2,21,24)(H,22,23)/b9-7+. The lowest BCUT2D eigenvalue weighted by molar-refractivity contribution is -0.124. The van der Waals surface area contributed by atoms with Crippen molar-refractivity contribution >= 4 is 17.9 Å². The third-order valence-corrected chi connectivity index (χ3v) is 4.08. The minimum absolute atomic E-state index is 0.350. The first-order valence-corrected chi connectivity index (χ1v) is 8.19. The fourth-order valence-electron chi connectivity index (χ4n) is 2.77. The zero-order chi connectivity index (χ0) is 17.6. The molecule has 0 fully saturated rings. The third kappa shape index (κ3) is 4.47. The molecule has 2 aromatic rings. The minimum Gasteiger partial charge on any atom is -0.493 e. The summed E-state index contributed by atoms with van der Waals surface area (Å²) in [6.07, 6.45) is 4.38. The van der Waals surface area contributed by atoms with Gasteiger partial charge in [-0.3, -0.25) is 9.59 Å². The number of rotatable bonds is 6. The van der Waals surface area contributed by atoms with Crippen molar-refractivity contribution < 1.29 is 14.3 Å². The van der Waals surface area contributed by atoms with Crippen molar-refractivity contribution in [2.45, 2.75) is 18.9 Å². The molecule has 25 heavy (non-hydrogen) atoms. The molecular formula is C20H20N2O3. The summed E-state index contributed by atoms with van der Waals surface area (Å²) < 4.78 is 5.46. The first-order chi connectivity index (χ1) is 12.1. The van der Waals surface area contributed by atoms with E-state index < -0.39 is 11.9 Å². The quantitative estimate of drug-likeness (QED) is 0.790. The number of primary amides is 1. The maximum Gasteiger partial charge on any atom is 0.244 e. The van der Waals surface area contributed by atoms with Gasteiger partial charge in [0.1, 0.15) is 11.8 Å². The van der Waals surface area contributed by atoms with Crippen molar-refractivity contribution in [2.75, 3.05) is 6.61 Å². The average Bonchev–Trinajstić information content (AvgIpc) is 3.08. The molecule has 2 aromatic carbocycles. The normalized spacial score (nSPS) is 13.9. The van der Waals surface area contributed by atoms with Crippen molar-refractivity contribution in [1.82, 2.24) is 5.32 Å². The summed E-state index contributed by atoms with van der Waals surface area (Å²) in [5, 5.41) is 2.66. The average molecular weight is 336 g/mol. The van der Waals surface area contributed by atoms with Crippen LogP contribution in [0.5, 0.6) is 5.75 Å². The van der Waals surface area contributed by atoms with Gasteiger partial charge in [0.05, 0.1) is 6.61 Å². The molecule has 1 atom stereocenters. The second-order valence-corrected chi connectivity index (χ2v) is 5.95. The van der Waals surface area contributed by atoms with Crippen LogP contribution in [0.2, 0.25) is 0 Å². The molecule has 1 unspecified atom stereocenters. The number of hydrogen-bond donors (Lipinski definition) is 2. The molecule has 5 heteroatoms. The van der Waals surface area contributed by atoms with Crippen LogP contribution >= 0.6 is 0 Å². The van der Waals surface area contributed by atoms with Crippen LogP contribution in [0, 0.1) is 0 Å². The highest BCUT2D eigenvalue weighted by molar-refractivity contribution is 5.95. The van der Waals surface area contributed by atoms with Crippen molar-refractivity contribution in [1.29, 1.82) is 0 Å². The van der Waals surface area contributed by atoms with Gasteiger partial charge in [0.2, 0.25) is 11.8 Å². The second-order valence-electron chi connectivity index (χ2n) is 5.95. The summed E-state index contributed by atoms with van der Waals surface area (Å²) in [6.45, 7) is 0.697. The smallest absolute Gasteiger partial charge is 0.244 e. The Bertz CT molecular complexity index is 800. The van der Waals surface area contributed by atoms with E-state index in [0.717, 1.165) is 28.9 Å². The van der Waals surface area contributed by atoms with Gasteiger partial charge in [-0.15, -0.1) is 0 Å². The summed E-state index contributed by atoms with van der Waals surface area (Å²) in [5.41, 5.74) is 8.40. The topological polar surface area (TPSA) is 81.4 Å². The van der Waals surface area contributed by atoms with Crippen LogP contribution in [0.4, 0.5) is 0 Å². The van der Waals surface area contributed by atoms with Gasteiger partial charge >= 0.3 is 0 Å². The van der Waals surface area contributed by atoms with Crippen LogP contribution in [0.3, 0.4) is 0 Å². The Kier molecular flexibility index (Phi) is 5.14. The molecule has 3 N–H and O–H groups in total. The molecule has 0 bridgehead atoms. The first kappa shape index (κ1) is 16.8. The number of nitrogens with two attached hydrogens (primary N) is 1. The molecule has 0 spiro atoms. The van der Waals surface area contributed by atoms with E-state index >= 15 is 0 Å². The molecule has 1 aliphatic heterocycles. The molecule has 0 radical (unpaired) electrons. The van der Waals surface area contributed by atoms with Gasteiger partial charge in [-0.2, -0.15) is 0 Å². The van der Waals surface area contributed by atoms with Gasteiger partial charge in [-0.25, -0.2) is 0 Å². The van der Waals surface area contributed by atoms with Crippen LogP contribution in [0.25, 0.3) is 6.08 Å². The van der Waals surface area contributed by atoms with E-state index in [4.69, 9.17) is 10.5 Å². The van der Waals surface area contributed by atoms with Crippen LogP contribution < -0.4 is 15.8 Å². The van der Waals surface area contributed by atoms with Gasteiger partial charge in [0.25, 0.3) is 0 Å². The maximum absolute atomic E-state index is 12.1. The van der Waals surface area contributed by atoms with Crippen LogP contribution in [0.15, 0.2) is 54.6 Å². The van der Waals surface area contributed by atoms with E-state index in [-0.39, 0.29) is 5.91 Å². The van der Waals surface area contributed by atoms with Gasteiger partial charge in [0.15, 0.2) is 0 Å². The van der Waals surface area contributed by atoms with Crippen LogP contribution in [-0.4, -0.2) is 24.5 Å². The van der Waals surface area contributed by atoms with E-state index in [1.165, 1.54) is 6.08 Å². The van der Waals surface area contributed by atoms with E-state index in [1.807, 2.05) is 48.5 Å². The molecule has 1 heterocycles. The Labute approximate surface area is 146 Å². The molecule has 5 nitrogen and oxygen atoms in total. The molecule has 2 amide bonds. The predicted octanol–water partition coefficient (Wildman–Crippen LogP) is 1.85.